The fraction of sp³-hybridized carbons (Fsp3) is 0.250. The summed E-state index contributed by atoms with van der Waals surface area (Å²) in [6, 6.07) is 9.98. The van der Waals surface area contributed by atoms with Crippen LogP contribution in [0.3, 0.4) is 0 Å². The number of aromatic nitrogens is 3. The van der Waals surface area contributed by atoms with E-state index in [1.54, 1.807) is 11.3 Å². The van der Waals surface area contributed by atoms with E-state index in [-0.39, 0.29) is 0 Å². The Morgan fingerprint density at radius 2 is 1.90 bits per heavy atom. The lowest BCUT2D eigenvalue weighted by molar-refractivity contribution is 0.868. The molecule has 0 unspecified atom stereocenters. The van der Waals surface area contributed by atoms with Crippen molar-refractivity contribution in [2.45, 2.75) is 26.7 Å². The van der Waals surface area contributed by atoms with Gasteiger partial charge in [0.1, 0.15) is 11.5 Å². The molecule has 2 heterocycles. The monoisotopic (exact) mass is 298 g/mol. The molecule has 108 valence electrons. The molecule has 2 aromatic heterocycles. The van der Waals surface area contributed by atoms with Gasteiger partial charge in [0.15, 0.2) is 0 Å². The van der Waals surface area contributed by atoms with Gasteiger partial charge in [0.25, 0.3) is 0 Å². The summed E-state index contributed by atoms with van der Waals surface area (Å²) in [7, 11) is 0. The Morgan fingerprint density at radius 3 is 2.48 bits per heavy atom. The van der Waals surface area contributed by atoms with Crippen LogP contribution in [0.4, 0.5) is 5.82 Å². The first-order valence-electron chi connectivity index (χ1n) is 6.94. The molecule has 3 rings (SSSR count). The summed E-state index contributed by atoms with van der Waals surface area (Å²) < 4.78 is 1.82. The van der Waals surface area contributed by atoms with Gasteiger partial charge in [-0.2, -0.15) is 5.10 Å². The lowest BCUT2D eigenvalue weighted by atomic mass is 10.0. The number of benzene rings is 1. The summed E-state index contributed by atoms with van der Waals surface area (Å²) in [4.78, 5) is 5.40. The van der Waals surface area contributed by atoms with E-state index in [0.717, 1.165) is 26.8 Å². The van der Waals surface area contributed by atoms with Gasteiger partial charge < -0.3 is 5.73 Å². The zero-order valence-electron chi connectivity index (χ0n) is 12.4. The topological polar surface area (TPSA) is 56.7 Å². The number of nitrogens with zero attached hydrogens (tertiary/aromatic N) is 3. The molecule has 3 aromatic rings. The fourth-order valence-corrected chi connectivity index (χ4v) is 3.21. The normalized spacial score (nSPS) is 11.2. The van der Waals surface area contributed by atoms with E-state index in [1.807, 2.05) is 48.1 Å². The van der Waals surface area contributed by atoms with E-state index in [9.17, 15) is 0 Å². The first-order valence-corrected chi connectivity index (χ1v) is 7.76. The van der Waals surface area contributed by atoms with Crippen molar-refractivity contribution in [1.82, 2.24) is 14.8 Å². The van der Waals surface area contributed by atoms with E-state index in [4.69, 9.17) is 10.8 Å². The minimum Gasteiger partial charge on any atom is -0.383 e. The highest BCUT2D eigenvalue weighted by Crippen LogP contribution is 2.36. The summed E-state index contributed by atoms with van der Waals surface area (Å²) in [5, 5.41) is 5.78. The first-order chi connectivity index (χ1) is 10.1. The van der Waals surface area contributed by atoms with Crippen molar-refractivity contribution in [3.05, 3.63) is 47.1 Å². The number of nitrogens with two attached hydrogens (primary N) is 1. The number of nitrogen functional groups attached to an aromatic ring is 1. The number of aryl methyl sites for hydroxylation is 1. The van der Waals surface area contributed by atoms with E-state index in [0.29, 0.717) is 11.7 Å². The maximum Gasteiger partial charge on any atom is 0.131 e. The van der Waals surface area contributed by atoms with Gasteiger partial charge in [-0.05, 0) is 25.0 Å². The Bertz CT molecular complexity index is 756. The maximum absolute atomic E-state index is 6.37. The van der Waals surface area contributed by atoms with Gasteiger partial charge in [-0.25, -0.2) is 9.67 Å². The molecule has 0 bridgehead atoms. The van der Waals surface area contributed by atoms with Crippen molar-refractivity contribution in [3.8, 4) is 16.3 Å². The molecule has 0 aliphatic heterocycles. The number of hydrogen-bond donors (Lipinski definition) is 1. The standard InChI is InChI=1S/C16H18N4S/c1-10(2)14-15(13-9-18-11(3)21-13)19-20(16(14)17)12-7-5-4-6-8-12/h4-10H,17H2,1-3H3. The highest BCUT2D eigenvalue weighted by Gasteiger charge is 2.21. The van der Waals surface area contributed by atoms with Crippen molar-refractivity contribution in [1.29, 1.82) is 0 Å². The van der Waals surface area contributed by atoms with E-state index in [2.05, 4.69) is 18.8 Å². The van der Waals surface area contributed by atoms with E-state index in [1.165, 1.54) is 0 Å². The number of thiazole rings is 1. The molecule has 1 aromatic carbocycles. The summed E-state index contributed by atoms with van der Waals surface area (Å²) >= 11 is 1.65. The molecule has 5 heteroatoms. The SMILES string of the molecule is Cc1ncc(-c2nn(-c3ccccc3)c(N)c2C(C)C)s1. The molecule has 0 spiro atoms. The Labute approximate surface area is 128 Å². The highest BCUT2D eigenvalue weighted by atomic mass is 32.1. The average molecular weight is 298 g/mol. The summed E-state index contributed by atoms with van der Waals surface area (Å²) in [5.74, 6) is 1.01. The quantitative estimate of drug-likeness (QED) is 0.795. The lowest BCUT2D eigenvalue weighted by Gasteiger charge is -2.07. The molecule has 0 radical (unpaired) electrons. The molecule has 0 aliphatic carbocycles. The third kappa shape index (κ3) is 2.45. The average Bonchev–Trinajstić information content (AvgIpc) is 3.03. The van der Waals surface area contributed by atoms with Gasteiger partial charge in [0.2, 0.25) is 0 Å². The Hall–Kier alpha value is -2.14. The first kappa shape index (κ1) is 13.8. The molecule has 21 heavy (non-hydrogen) atoms. The zero-order valence-corrected chi connectivity index (χ0v) is 13.2. The third-order valence-electron chi connectivity index (χ3n) is 3.39. The van der Waals surface area contributed by atoms with Crippen molar-refractivity contribution in [2.75, 3.05) is 5.73 Å². The van der Waals surface area contributed by atoms with Gasteiger partial charge in [-0.15, -0.1) is 11.3 Å². The molecule has 0 amide bonds. The molecular weight excluding hydrogens is 280 g/mol. The van der Waals surface area contributed by atoms with Crippen molar-refractivity contribution < 1.29 is 0 Å². The van der Waals surface area contributed by atoms with Gasteiger partial charge in [0, 0.05) is 11.8 Å². The molecule has 0 aliphatic rings. The van der Waals surface area contributed by atoms with E-state index < -0.39 is 0 Å². The fourth-order valence-electron chi connectivity index (χ4n) is 2.43. The molecule has 4 nitrogen and oxygen atoms in total. The summed E-state index contributed by atoms with van der Waals surface area (Å²) in [6.07, 6.45) is 1.88. The zero-order chi connectivity index (χ0) is 15.0. The van der Waals surface area contributed by atoms with Crippen LogP contribution < -0.4 is 5.73 Å². The molecule has 0 saturated heterocycles. The van der Waals surface area contributed by atoms with Crippen LogP contribution in [0.1, 0.15) is 30.3 Å². The van der Waals surface area contributed by atoms with Crippen LogP contribution in [0, 0.1) is 6.92 Å². The van der Waals surface area contributed by atoms with Crippen molar-refractivity contribution >= 4 is 17.2 Å². The number of anilines is 1. The third-order valence-corrected chi connectivity index (χ3v) is 4.31. The second-order valence-corrected chi connectivity index (χ2v) is 6.53. The van der Waals surface area contributed by atoms with Crippen LogP contribution in [-0.2, 0) is 0 Å². The molecule has 0 saturated carbocycles. The van der Waals surface area contributed by atoms with Crippen LogP contribution in [0.2, 0.25) is 0 Å². The van der Waals surface area contributed by atoms with Crippen LogP contribution in [0.25, 0.3) is 16.3 Å². The number of para-hydroxylation sites is 1. The second-order valence-electron chi connectivity index (χ2n) is 5.29. The lowest BCUT2D eigenvalue weighted by Crippen LogP contribution is -2.03. The van der Waals surface area contributed by atoms with Crippen LogP contribution in [0.15, 0.2) is 36.5 Å². The Kier molecular flexibility index (Phi) is 3.51. The summed E-state index contributed by atoms with van der Waals surface area (Å²) in [6.45, 7) is 6.28. The smallest absolute Gasteiger partial charge is 0.131 e. The van der Waals surface area contributed by atoms with Crippen LogP contribution in [0.5, 0.6) is 0 Å². The maximum atomic E-state index is 6.37. The highest BCUT2D eigenvalue weighted by molar-refractivity contribution is 7.15. The molecular formula is C16H18N4S. The largest absolute Gasteiger partial charge is 0.383 e. The van der Waals surface area contributed by atoms with Crippen molar-refractivity contribution in [2.24, 2.45) is 0 Å². The van der Waals surface area contributed by atoms with Gasteiger partial charge in [0.05, 0.1) is 15.6 Å². The van der Waals surface area contributed by atoms with E-state index >= 15 is 0 Å². The number of hydrogen-bond acceptors (Lipinski definition) is 4. The Morgan fingerprint density at radius 1 is 1.19 bits per heavy atom. The Balaban J connectivity index is 2.21. The van der Waals surface area contributed by atoms with Crippen molar-refractivity contribution in [3.63, 3.8) is 0 Å². The molecule has 2 N–H and O–H groups in total. The number of rotatable bonds is 3. The molecule has 0 atom stereocenters. The van der Waals surface area contributed by atoms with Gasteiger partial charge in [-0.3, -0.25) is 0 Å². The van der Waals surface area contributed by atoms with Crippen LogP contribution in [-0.4, -0.2) is 14.8 Å². The second kappa shape index (κ2) is 5.33. The summed E-state index contributed by atoms with van der Waals surface area (Å²) in [5.41, 5.74) is 9.37. The minimum atomic E-state index is 0.305. The molecule has 0 fully saturated rings. The predicted octanol–water partition coefficient (Wildman–Crippen LogP) is 4.01. The van der Waals surface area contributed by atoms with Gasteiger partial charge >= 0.3 is 0 Å². The van der Waals surface area contributed by atoms with Crippen LogP contribution >= 0.6 is 11.3 Å². The minimum absolute atomic E-state index is 0.305. The predicted molar refractivity (Wildman–Crippen MR) is 87.9 cm³/mol. The van der Waals surface area contributed by atoms with Gasteiger partial charge in [-0.1, -0.05) is 32.0 Å².